The van der Waals surface area contributed by atoms with Gasteiger partial charge in [-0.1, -0.05) is 12.8 Å². The van der Waals surface area contributed by atoms with Crippen LogP contribution in [0.4, 0.5) is 0 Å². The number of fused-ring (bicyclic) bond motifs is 1. The van der Waals surface area contributed by atoms with Crippen molar-refractivity contribution in [1.82, 2.24) is 14.2 Å². The molecule has 2 aromatic rings. The van der Waals surface area contributed by atoms with E-state index in [2.05, 4.69) is 15.9 Å². The maximum absolute atomic E-state index is 9.03. The van der Waals surface area contributed by atoms with Crippen molar-refractivity contribution >= 4 is 5.65 Å². The summed E-state index contributed by atoms with van der Waals surface area (Å²) >= 11 is 0. The second-order valence-electron chi connectivity index (χ2n) is 4.24. The summed E-state index contributed by atoms with van der Waals surface area (Å²) in [6.07, 6.45) is 9.26. The van der Waals surface area contributed by atoms with Crippen LogP contribution in [0.25, 0.3) is 5.65 Å². The second kappa shape index (κ2) is 3.38. The highest BCUT2D eigenvalue weighted by molar-refractivity contribution is 5.41. The van der Waals surface area contributed by atoms with Crippen LogP contribution < -0.4 is 0 Å². The fraction of sp³-hybridized carbons (Fsp3) is 0.545. The van der Waals surface area contributed by atoms with E-state index in [0.717, 1.165) is 11.3 Å². The van der Waals surface area contributed by atoms with Gasteiger partial charge >= 0.3 is 0 Å². The summed E-state index contributed by atoms with van der Waals surface area (Å²) < 4.78 is 4.14. The number of rotatable bonds is 2. The van der Waals surface area contributed by atoms with Crippen LogP contribution >= 0.6 is 0 Å². The Labute approximate surface area is 88.1 Å². The molecule has 0 spiro atoms. The lowest BCUT2D eigenvalue weighted by molar-refractivity contribution is 0.276. The van der Waals surface area contributed by atoms with Gasteiger partial charge in [0.25, 0.3) is 0 Å². The van der Waals surface area contributed by atoms with Gasteiger partial charge < -0.3 is 9.67 Å². The lowest BCUT2D eigenvalue weighted by Crippen LogP contribution is -2.02. The highest BCUT2D eigenvalue weighted by Gasteiger charge is 2.18. The summed E-state index contributed by atoms with van der Waals surface area (Å²) in [5.41, 5.74) is 1.85. The van der Waals surface area contributed by atoms with Gasteiger partial charge in [-0.25, -0.2) is 4.52 Å². The van der Waals surface area contributed by atoms with E-state index in [0.29, 0.717) is 6.04 Å². The van der Waals surface area contributed by atoms with Crippen molar-refractivity contribution in [3.8, 4) is 0 Å². The van der Waals surface area contributed by atoms with Crippen LogP contribution in [0.3, 0.4) is 0 Å². The Balaban J connectivity index is 2.05. The van der Waals surface area contributed by atoms with Crippen molar-refractivity contribution < 1.29 is 5.11 Å². The molecule has 0 saturated heterocycles. The van der Waals surface area contributed by atoms with E-state index in [1.165, 1.54) is 25.7 Å². The van der Waals surface area contributed by atoms with E-state index in [1.807, 2.05) is 16.8 Å². The zero-order valence-corrected chi connectivity index (χ0v) is 8.63. The fourth-order valence-electron chi connectivity index (χ4n) is 2.52. The monoisotopic (exact) mass is 205 g/mol. The van der Waals surface area contributed by atoms with Crippen molar-refractivity contribution in [1.29, 1.82) is 0 Å². The van der Waals surface area contributed by atoms with Crippen molar-refractivity contribution in [2.75, 3.05) is 0 Å². The van der Waals surface area contributed by atoms with Gasteiger partial charge in [-0.15, -0.1) is 0 Å². The molecule has 80 valence electrons. The minimum Gasteiger partial charge on any atom is -0.390 e. The Morgan fingerprint density at radius 1 is 1.33 bits per heavy atom. The molecule has 0 aliphatic heterocycles. The molecule has 1 aliphatic carbocycles. The molecule has 0 amide bonds. The van der Waals surface area contributed by atoms with Gasteiger partial charge in [0, 0.05) is 24.5 Å². The third kappa shape index (κ3) is 1.36. The maximum Gasteiger partial charge on any atom is 0.136 e. The van der Waals surface area contributed by atoms with Crippen LogP contribution in [0.2, 0.25) is 0 Å². The Kier molecular flexibility index (Phi) is 2.02. The predicted molar refractivity (Wildman–Crippen MR) is 56.6 cm³/mol. The van der Waals surface area contributed by atoms with Crippen LogP contribution in [-0.4, -0.2) is 19.3 Å². The Morgan fingerprint density at radius 2 is 2.13 bits per heavy atom. The van der Waals surface area contributed by atoms with Gasteiger partial charge in [0.15, 0.2) is 0 Å². The van der Waals surface area contributed by atoms with Gasteiger partial charge in [0.1, 0.15) is 5.65 Å². The molecule has 0 aromatic carbocycles. The molecule has 0 unspecified atom stereocenters. The number of aromatic nitrogens is 3. The number of nitrogens with zero attached hydrogens (tertiary/aromatic N) is 3. The minimum absolute atomic E-state index is 0.0202. The molecular formula is C11H15N3O. The van der Waals surface area contributed by atoms with E-state index >= 15 is 0 Å². The number of aliphatic hydroxyl groups excluding tert-OH is 1. The molecule has 2 heterocycles. The Bertz CT molecular complexity index is 465. The first-order valence-corrected chi connectivity index (χ1v) is 5.54. The average Bonchev–Trinajstić information content (AvgIpc) is 2.92. The zero-order valence-electron chi connectivity index (χ0n) is 8.63. The van der Waals surface area contributed by atoms with Gasteiger partial charge in [-0.05, 0) is 12.8 Å². The maximum atomic E-state index is 9.03. The fourth-order valence-corrected chi connectivity index (χ4v) is 2.52. The molecule has 1 saturated carbocycles. The molecule has 1 fully saturated rings. The van der Waals surface area contributed by atoms with E-state index in [9.17, 15) is 0 Å². The zero-order chi connectivity index (χ0) is 10.3. The molecule has 0 bridgehead atoms. The molecule has 2 aromatic heterocycles. The van der Waals surface area contributed by atoms with Crippen molar-refractivity contribution in [2.45, 2.75) is 38.3 Å². The summed E-state index contributed by atoms with van der Waals surface area (Å²) in [6.45, 7) is 0.0202. The van der Waals surface area contributed by atoms with Crippen LogP contribution in [0, 0.1) is 0 Å². The normalized spacial score (nSPS) is 17.9. The third-order valence-corrected chi connectivity index (χ3v) is 3.28. The van der Waals surface area contributed by atoms with Crippen molar-refractivity contribution in [3.05, 3.63) is 24.2 Å². The summed E-state index contributed by atoms with van der Waals surface area (Å²) in [5, 5.41) is 13.3. The molecule has 0 atom stereocenters. The van der Waals surface area contributed by atoms with Gasteiger partial charge in [-0.2, -0.15) is 5.10 Å². The topological polar surface area (TPSA) is 42.5 Å². The van der Waals surface area contributed by atoms with Crippen LogP contribution in [0.1, 0.15) is 37.4 Å². The lowest BCUT2D eigenvalue weighted by Gasteiger charge is -2.10. The Hall–Kier alpha value is -1.29. The number of hydrogen-bond donors (Lipinski definition) is 1. The summed E-state index contributed by atoms with van der Waals surface area (Å²) in [4.78, 5) is 0. The van der Waals surface area contributed by atoms with E-state index in [1.54, 1.807) is 0 Å². The molecule has 1 N–H and O–H groups in total. The molecule has 1 aliphatic rings. The SMILES string of the molecule is OCc1cc2n(C3CCCC3)ccn2n1. The summed E-state index contributed by atoms with van der Waals surface area (Å²) in [7, 11) is 0. The van der Waals surface area contributed by atoms with E-state index in [4.69, 9.17) is 5.11 Å². The van der Waals surface area contributed by atoms with Gasteiger partial charge in [0.05, 0.1) is 12.3 Å². The lowest BCUT2D eigenvalue weighted by atomic mass is 10.2. The standard InChI is InChI=1S/C11H15N3O/c15-8-9-7-11-13(5-6-14(11)12-9)10-3-1-2-4-10/h5-7,10,15H,1-4,8H2. The number of hydrogen-bond acceptors (Lipinski definition) is 2. The smallest absolute Gasteiger partial charge is 0.136 e. The van der Waals surface area contributed by atoms with Crippen LogP contribution in [0.15, 0.2) is 18.5 Å². The summed E-state index contributed by atoms with van der Waals surface area (Å²) in [6, 6.07) is 2.60. The first kappa shape index (κ1) is 8.97. The van der Waals surface area contributed by atoms with Gasteiger partial charge in [0.2, 0.25) is 0 Å². The number of imidazole rings is 1. The first-order chi connectivity index (χ1) is 7.38. The number of aliphatic hydroxyl groups is 1. The highest BCUT2D eigenvalue weighted by Crippen LogP contribution is 2.31. The second-order valence-corrected chi connectivity index (χ2v) is 4.24. The summed E-state index contributed by atoms with van der Waals surface area (Å²) in [5.74, 6) is 0. The third-order valence-electron chi connectivity index (χ3n) is 3.28. The minimum atomic E-state index is 0.0202. The molecular weight excluding hydrogens is 190 g/mol. The van der Waals surface area contributed by atoms with Crippen molar-refractivity contribution in [3.63, 3.8) is 0 Å². The first-order valence-electron chi connectivity index (χ1n) is 5.54. The molecule has 15 heavy (non-hydrogen) atoms. The highest BCUT2D eigenvalue weighted by atomic mass is 16.3. The van der Waals surface area contributed by atoms with Crippen LogP contribution in [-0.2, 0) is 6.61 Å². The van der Waals surface area contributed by atoms with E-state index < -0.39 is 0 Å². The molecule has 0 radical (unpaired) electrons. The van der Waals surface area contributed by atoms with Crippen molar-refractivity contribution in [2.24, 2.45) is 0 Å². The average molecular weight is 205 g/mol. The van der Waals surface area contributed by atoms with E-state index in [-0.39, 0.29) is 6.61 Å². The predicted octanol–water partition coefficient (Wildman–Crippen LogP) is 1.74. The quantitative estimate of drug-likeness (QED) is 0.811. The molecule has 3 rings (SSSR count). The Morgan fingerprint density at radius 3 is 2.87 bits per heavy atom. The largest absolute Gasteiger partial charge is 0.390 e. The molecule has 4 nitrogen and oxygen atoms in total. The van der Waals surface area contributed by atoms with Gasteiger partial charge in [-0.3, -0.25) is 0 Å². The molecule has 4 heteroatoms. The van der Waals surface area contributed by atoms with Crippen LogP contribution in [0.5, 0.6) is 0 Å².